The standard InChI is InChI=1S/C15H19N3OS/c1-18(2)10-13-8-9-14(19-13)11-20-15(16)17-12-6-4-3-5-7-12/h3-9H,10-11H2,1-2H3,(H2,16,17). The number of para-hydroxylation sites is 1. The second-order valence-electron chi connectivity index (χ2n) is 4.68. The Morgan fingerprint density at radius 1 is 1.15 bits per heavy atom. The van der Waals surface area contributed by atoms with Crippen LogP contribution in [0, 0.1) is 0 Å². The maximum absolute atomic E-state index is 5.90. The van der Waals surface area contributed by atoms with Crippen LogP contribution in [-0.4, -0.2) is 24.2 Å². The lowest BCUT2D eigenvalue weighted by Crippen LogP contribution is -2.09. The summed E-state index contributed by atoms with van der Waals surface area (Å²) in [6.07, 6.45) is 0. The fraction of sp³-hybridized carbons (Fsp3) is 0.267. The molecule has 0 bridgehead atoms. The Morgan fingerprint density at radius 3 is 2.55 bits per heavy atom. The van der Waals surface area contributed by atoms with Gasteiger partial charge in [0, 0.05) is 0 Å². The first kappa shape index (κ1) is 14.7. The second kappa shape index (κ2) is 7.17. The number of furan rings is 1. The van der Waals surface area contributed by atoms with Gasteiger partial charge >= 0.3 is 0 Å². The van der Waals surface area contributed by atoms with Gasteiger partial charge in [0.05, 0.1) is 18.0 Å². The van der Waals surface area contributed by atoms with Crippen LogP contribution in [0.1, 0.15) is 11.5 Å². The van der Waals surface area contributed by atoms with E-state index in [1.165, 1.54) is 11.8 Å². The molecule has 1 aromatic heterocycles. The first-order chi connectivity index (χ1) is 9.63. The van der Waals surface area contributed by atoms with Crippen molar-refractivity contribution in [3.63, 3.8) is 0 Å². The molecule has 4 nitrogen and oxygen atoms in total. The van der Waals surface area contributed by atoms with Gasteiger partial charge in [-0.05, 0) is 38.4 Å². The molecule has 0 aliphatic rings. The van der Waals surface area contributed by atoms with Crippen LogP contribution in [0.5, 0.6) is 0 Å². The summed E-state index contributed by atoms with van der Waals surface area (Å²) in [5, 5.41) is 0.543. The quantitative estimate of drug-likeness (QED) is 0.678. The van der Waals surface area contributed by atoms with Gasteiger partial charge in [-0.2, -0.15) is 0 Å². The number of rotatable bonds is 5. The maximum Gasteiger partial charge on any atom is 0.159 e. The molecule has 0 aliphatic carbocycles. The average Bonchev–Trinajstić information content (AvgIpc) is 2.84. The molecule has 0 unspecified atom stereocenters. The topological polar surface area (TPSA) is 54.8 Å². The minimum atomic E-state index is 0.543. The number of nitrogens with two attached hydrogens (primary N) is 1. The molecule has 1 aromatic carbocycles. The molecule has 20 heavy (non-hydrogen) atoms. The molecule has 2 aromatic rings. The van der Waals surface area contributed by atoms with E-state index >= 15 is 0 Å². The van der Waals surface area contributed by atoms with Gasteiger partial charge in [0.2, 0.25) is 0 Å². The average molecular weight is 289 g/mol. The number of hydrogen-bond donors (Lipinski definition) is 1. The first-order valence-corrected chi connectivity index (χ1v) is 7.36. The van der Waals surface area contributed by atoms with Gasteiger partial charge in [0.25, 0.3) is 0 Å². The lowest BCUT2D eigenvalue weighted by atomic mass is 10.3. The van der Waals surface area contributed by atoms with Crippen molar-refractivity contribution < 1.29 is 4.42 Å². The molecule has 2 N–H and O–H groups in total. The van der Waals surface area contributed by atoms with Gasteiger partial charge in [-0.3, -0.25) is 0 Å². The zero-order valence-electron chi connectivity index (χ0n) is 11.7. The van der Waals surface area contributed by atoms with Crippen molar-refractivity contribution in [2.24, 2.45) is 10.7 Å². The minimum absolute atomic E-state index is 0.543. The highest BCUT2D eigenvalue weighted by molar-refractivity contribution is 8.13. The fourth-order valence-electron chi connectivity index (χ4n) is 1.70. The molecule has 0 spiro atoms. The second-order valence-corrected chi connectivity index (χ2v) is 5.68. The molecule has 2 rings (SSSR count). The van der Waals surface area contributed by atoms with Crippen molar-refractivity contribution >= 4 is 22.6 Å². The summed E-state index contributed by atoms with van der Waals surface area (Å²) in [6, 6.07) is 13.7. The van der Waals surface area contributed by atoms with Crippen molar-refractivity contribution in [2.75, 3.05) is 14.1 Å². The molecule has 0 fully saturated rings. The van der Waals surface area contributed by atoms with E-state index in [0.29, 0.717) is 10.9 Å². The number of amidine groups is 1. The molecule has 1 heterocycles. The van der Waals surface area contributed by atoms with Crippen molar-refractivity contribution in [1.29, 1.82) is 0 Å². The Hall–Kier alpha value is -1.72. The zero-order valence-corrected chi connectivity index (χ0v) is 12.6. The van der Waals surface area contributed by atoms with Crippen LogP contribution in [0.3, 0.4) is 0 Å². The highest BCUT2D eigenvalue weighted by Crippen LogP contribution is 2.18. The summed E-state index contributed by atoms with van der Waals surface area (Å²) in [4.78, 5) is 6.41. The Balaban J connectivity index is 1.88. The third-order valence-corrected chi connectivity index (χ3v) is 3.36. The molecule has 0 saturated carbocycles. The summed E-state index contributed by atoms with van der Waals surface area (Å²) in [7, 11) is 4.03. The molecular formula is C15H19N3OS. The van der Waals surface area contributed by atoms with E-state index in [9.17, 15) is 0 Å². The summed E-state index contributed by atoms with van der Waals surface area (Å²) in [5.74, 6) is 2.57. The van der Waals surface area contributed by atoms with Gasteiger partial charge in [0.1, 0.15) is 11.5 Å². The monoisotopic (exact) mass is 289 g/mol. The molecule has 0 radical (unpaired) electrons. The summed E-state index contributed by atoms with van der Waals surface area (Å²) < 4.78 is 5.72. The van der Waals surface area contributed by atoms with Crippen molar-refractivity contribution in [3.05, 3.63) is 54.0 Å². The van der Waals surface area contributed by atoms with E-state index in [4.69, 9.17) is 10.2 Å². The lowest BCUT2D eigenvalue weighted by molar-refractivity contribution is 0.344. The third-order valence-electron chi connectivity index (χ3n) is 2.55. The van der Waals surface area contributed by atoms with E-state index in [-0.39, 0.29) is 0 Å². The predicted octanol–water partition coefficient (Wildman–Crippen LogP) is 3.22. The summed E-state index contributed by atoms with van der Waals surface area (Å²) in [5.41, 5.74) is 6.77. The SMILES string of the molecule is CN(C)Cc1ccc(CSC(N)=Nc2ccccc2)o1. The van der Waals surface area contributed by atoms with Crippen LogP contribution in [0.25, 0.3) is 0 Å². The number of aliphatic imine (C=N–C) groups is 1. The van der Waals surface area contributed by atoms with E-state index in [0.717, 1.165) is 23.8 Å². The Labute approximate surface area is 123 Å². The van der Waals surface area contributed by atoms with E-state index in [1.807, 2.05) is 56.6 Å². The van der Waals surface area contributed by atoms with Crippen LogP contribution in [0.2, 0.25) is 0 Å². The predicted molar refractivity (Wildman–Crippen MR) is 85.1 cm³/mol. The molecule has 0 saturated heterocycles. The maximum atomic E-state index is 5.90. The van der Waals surface area contributed by atoms with Crippen molar-refractivity contribution in [1.82, 2.24) is 4.90 Å². The van der Waals surface area contributed by atoms with Gasteiger partial charge in [0.15, 0.2) is 5.17 Å². The number of benzene rings is 1. The van der Waals surface area contributed by atoms with Crippen molar-refractivity contribution in [3.8, 4) is 0 Å². The summed E-state index contributed by atoms with van der Waals surface area (Å²) in [6.45, 7) is 0.804. The Kier molecular flexibility index (Phi) is 5.26. The largest absolute Gasteiger partial charge is 0.464 e. The fourth-order valence-corrected chi connectivity index (χ4v) is 2.32. The smallest absolute Gasteiger partial charge is 0.159 e. The normalized spacial score (nSPS) is 12.1. The third kappa shape index (κ3) is 4.75. The van der Waals surface area contributed by atoms with E-state index in [2.05, 4.69) is 9.89 Å². The number of thioether (sulfide) groups is 1. The van der Waals surface area contributed by atoms with Crippen LogP contribution in [-0.2, 0) is 12.3 Å². The van der Waals surface area contributed by atoms with Crippen LogP contribution >= 0.6 is 11.8 Å². The highest BCUT2D eigenvalue weighted by Gasteiger charge is 2.04. The van der Waals surface area contributed by atoms with Gasteiger partial charge in [-0.15, -0.1) is 0 Å². The van der Waals surface area contributed by atoms with Gasteiger partial charge < -0.3 is 15.1 Å². The zero-order chi connectivity index (χ0) is 14.4. The molecule has 0 aliphatic heterocycles. The van der Waals surface area contributed by atoms with Gasteiger partial charge in [-0.1, -0.05) is 30.0 Å². The summed E-state index contributed by atoms with van der Waals surface area (Å²) >= 11 is 1.48. The molecule has 0 atom stereocenters. The Morgan fingerprint density at radius 2 is 1.85 bits per heavy atom. The van der Waals surface area contributed by atoms with Crippen LogP contribution < -0.4 is 5.73 Å². The van der Waals surface area contributed by atoms with Gasteiger partial charge in [-0.25, -0.2) is 4.99 Å². The molecule has 0 amide bonds. The minimum Gasteiger partial charge on any atom is -0.464 e. The van der Waals surface area contributed by atoms with E-state index < -0.39 is 0 Å². The number of hydrogen-bond acceptors (Lipinski definition) is 4. The van der Waals surface area contributed by atoms with Crippen molar-refractivity contribution in [2.45, 2.75) is 12.3 Å². The van der Waals surface area contributed by atoms with E-state index in [1.54, 1.807) is 0 Å². The van der Waals surface area contributed by atoms with Crippen LogP contribution in [0.15, 0.2) is 51.9 Å². The first-order valence-electron chi connectivity index (χ1n) is 6.38. The molecule has 106 valence electrons. The molecular weight excluding hydrogens is 270 g/mol. The molecule has 5 heteroatoms. The Bertz CT molecular complexity index is 564. The lowest BCUT2D eigenvalue weighted by Gasteiger charge is -2.05. The number of nitrogens with zero attached hydrogens (tertiary/aromatic N) is 2. The highest BCUT2D eigenvalue weighted by atomic mass is 32.2. The van der Waals surface area contributed by atoms with Crippen LogP contribution in [0.4, 0.5) is 5.69 Å².